The maximum absolute atomic E-state index is 13.6. The summed E-state index contributed by atoms with van der Waals surface area (Å²) in [5.41, 5.74) is 1.44. The monoisotopic (exact) mass is 253 g/mol. The van der Waals surface area contributed by atoms with Crippen LogP contribution in [0, 0.1) is 12.7 Å². The molecule has 0 bridgehead atoms. The van der Waals surface area contributed by atoms with Crippen LogP contribution in [-0.4, -0.2) is 48.0 Å². The lowest BCUT2D eigenvalue weighted by Crippen LogP contribution is -2.44. The van der Waals surface area contributed by atoms with Gasteiger partial charge in [0.15, 0.2) is 0 Å². The molecule has 1 aromatic heterocycles. The number of pyridine rings is 1. The molecule has 3 nitrogen and oxygen atoms in total. The van der Waals surface area contributed by atoms with Crippen LogP contribution in [0.25, 0.3) is 0 Å². The Kier molecular flexibility index (Phi) is 6.22. The molecule has 0 spiro atoms. The second-order valence-electron chi connectivity index (χ2n) is 4.52. The molecule has 102 valence electrons. The maximum Gasteiger partial charge on any atom is 0.146 e. The van der Waals surface area contributed by atoms with Gasteiger partial charge in [-0.3, -0.25) is 9.88 Å². The van der Waals surface area contributed by atoms with E-state index in [9.17, 15) is 4.39 Å². The first-order valence-electron chi connectivity index (χ1n) is 6.67. The third-order valence-corrected chi connectivity index (χ3v) is 3.02. The Hall–Kier alpha value is -1.00. The van der Waals surface area contributed by atoms with Gasteiger partial charge in [-0.2, -0.15) is 0 Å². The number of piperazine rings is 1. The Morgan fingerprint density at radius 3 is 2.39 bits per heavy atom. The van der Waals surface area contributed by atoms with Gasteiger partial charge >= 0.3 is 0 Å². The summed E-state index contributed by atoms with van der Waals surface area (Å²) in [5.74, 6) is -0.182. The average molecular weight is 253 g/mol. The Labute approximate surface area is 110 Å². The summed E-state index contributed by atoms with van der Waals surface area (Å²) < 4.78 is 13.6. The second-order valence-corrected chi connectivity index (χ2v) is 4.52. The van der Waals surface area contributed by atoms with Crippen molar-refractivity contribution in [3.63, 3.8) is 0 Å². The van der Waals surface area contributed by atoms with Gasteiger partial charge in [0.05, 0.1) is 5.69 Å². The molecule has 1 fully saturated rings. The van der Waals surface area contributed by atoms with Gasteiger partial charge in [-0.05, 0) is 25.6 Å². The molecule has 2 heterocycles. The molecular formula is C14H24FN3. The van der Waals surface area contributed by atoms with Crippen molar-refractivity contribution in [1.82, 2.24) is 14.8 Å². The minimum atomic E-state index is -0.182. The molecule has 0 saturated carbocycles. The molecular weight excluding hydrogens is 229 g/mol. The smallest absolute Gasteiger partial charge is 0.146 e. The van der Waals surface area contributed by atoms with Gasteiger partial charge in [-0.1, -0.05) is 13.8 Å². The largest absolute Gasteiger partial charge is 0.304 e. The fourth-order valence-corrected chi connectivity index (χ4v) is 1.90. The molecule has 1 aliphatic rings. The van der Waals surface area contributed by atoms with Crippen LogP contribution < -0.4 is 0 Å². The van der Waals surface area contributed by atoms with Crippen LogP contribution in [0.15, 0.2) is 12.3 Å². The van der Waals surface area contributed by atoms with E-state index in [2.05, 4.69) is 21.8 Å². The standard InChI is InChI=1S/C12H18FN3.C2H6/c1-10-7-11(13)12(14-8-10)9-16-5-3-15(2)4-6-16;1-2/h7-8H,3-6,9H2,1-2H3;1-2H3. The molecule has 0 aromatic carbocycles. The molecule has 2 rings (SSSR count). The Morgan fingerprint density at radius 1 is 1.22 bits per heavy atom. The lowest BCUT2D eigenvalue weighted by molar-refractivity contribution is 0.145. The molecule has 0 radical (unpaired) electrons. The van der Waals surface area contributed by atoms with Crippen molar-refractivity contribution in [3.8, 4) is 0 Å². The van der Waals surface area contributed by atoms with Gasteiger partial charge in [-0.25, -0.2) is 4.39 Å². The summed E-state index contributed by atoms with van der Waals surface area (Å²) >= 11 is 0. The third kappa shape index (κ3) is 4.35. The zero-order chi connectivity index (χ0) is 13.5. The van der Waals surface area contributed by atoms with Crippen molar-refractivity contribution >= 4 is 0 Å². The first-order chi connectivity index (χ1) is 8.65. The minimum Gasteiger partial charge on any atom is -0.304 e. The SMILES string of the molecule is CC.Cc1cnc(CN2CCN(C)CC2)c(F)c1. The number of likely N-dealkylation sites (N-methyl/N-ethyl adjacent to an activating group) is 1. The number of nitrogens with zero attached hydrogens (tertiary/aromatic N) is 3. The summed E-state index contributed by atoms with van der Waals surface area (Å²) in [6, 6.07) is 1.55. The predicted octanol–water partition coefficient (Wildman–Crippen LogP) is 2.30. The second kappa shape index (κ2) is 7.44. The van der Waals surface area contributed by atoms with Crippen molar-refractivity contribution < 1.29 is 4.39 Å². The molecule has 1 aliphatic heterocycles. The number of rotatable bonds is 2. The van der Waals surface area contributed by atoms with Gasteiger partial charge in [0, 0.05) is 38.9 Å². The van der Waals surface area contributed by atoms with E-state index in [1.54, 1.807) is 12.3 Å². The summed E-state index contributed by atoms with van der Waals surface area (Å²) in [6.07, 6.45) is 1.73. The fourth-order valence-electron chi connectivity index (χ4n) is 1.90. The highest BCUT2D eigenvalue weighted by Crippen LogP contribution is 2.10. The number of aromatic nitrogens is 1. The zero-order valence-corrected chi connectivity index (χ0v) is 11.9. The van der Waals surface area contributed by atoms with Crippen molar-refractivity contribution in [1.29, 1.82) is 0 Å². The number of halogens is 1. The topological polar surface area (TPSA) is 19.4 Å². The molecule has 0 aliphatic carbocycles. The van der Waals surface area contributed by atoms with E-state index in [0.717, 1.165) is 31.7 Å². The summed E-state index contributed by atoms with van der Waals surface area (Å²) in [4.78, 5) is 8.70. The molecule has 0 N–H and O–H groups in total. The molecule has 18 heavy (non-hydrogen) atoms. The predicted molar refractivity (Wildman–Crippen MR) is 73.1 cm³/mol. The van der Waals surface area contributed by atoms with Crippen LogP contribution in [0.3, 0.4) is 0 Å². The van der Waals surface area contributed by atoms with E-state index in [4.69, 9.17) is 0 Å². The lowest BCUT2D eigenvalue weighted by Gasteiger charge is -2.32. The van der Waals surface area contributed by atoms with Gasteiger partial charge in [0.25, 0.3) is 0 Å². The van der Waals surface area contributed by atoms with E-state index >= 15 is 0 Å². The molecule has 1 aromatic rings. The molecule has 0 atom stereocenters. The van der Waals surface area contributed by atoms with E-state index in [-0.39, 0.29) is 5.82 Å². The lowest BCUT2D eigenvalue weighted by atomic mass is 10.2. The van der Waals surface area contributed by atoms with E-state index in [1.807, 2.05) is 20.8 Å². The van der Waals surface area contributed by atoms with Crippen LogP contribution in [-0.2, 0) is 6.54 Å². The molecule has 1 saturated heterocycles. The van der Waals surface area contributed by atoms with E-state index in [0.29, 0.717) is 12.2 Å². The Bertz CT molecular complexity index is 360. The summed E-state index contributed by atoms with van der Waals surface area (Å²) in [6.45, 7) is 10.6. The average Bonchev–Trinajstić information content (AvgIpc) is 2.38. The van der Waals surface area contributed by atoms with Crippen LogP contribution >= 0.6 is 0 Å². The van der Waals surface area contributed by atoms with Crippen molar-refractivity contribution in [3.05, 3.63) is 29.3 Å². The summed E-state index contributed by atoms with van der Waals surface area (Å²) in [5, 5.41) is 0. The number of hydrogen-bond acceptors (Lipinski definition) is 3. The van der Waals surface area contributed by atoms with Crippen LogP contribution in [0.1, 0.15) is 25.1 Å². The van der Waals surface area contributed by atoms with Crippen molar-refractivity contribution in [2.75, 3.05) is 33.2 Å². The fraction of sp³-hybridized carbons (Fsp3) is 0.643. The molecule has 4 heteroatoms. The van der Waals surface area contributed by atoms with Gasteiger partial charge in [0.1, 0.15) is 5.82 Å². The molecule has 0 amide bonds. The van der Waals surface area contributed by atoms with Gasteiger partial charge in [-0.15, -0.1) is 0 Å². The summed E-state index contributed by atoms with van der Waals surface area (Å²) in [7, 11) is 2.11. The quantitative estimate of drug-likeness (QED) is 0.806. The van der Waals surface area contributed by atoms with Gasteiger partial charge < -0.3 is 4.90 Å². The third-order valence-electron chi connectivity index (χ3n) is 3.02. The minimum absolute atomic E-state index is 0.182. The van der Waals surface area contributed by atoms with E-state index in [1.165, 1.54) is 0 Å². The van der Waals surface area contributed by atoms with Gasteiger partial charge in [0.2, 0.25) is 0 Å². The normalized spacial score (nSPS) is 17.2. The molecule has 0 unspecified atom stereocenters. The first kappa shape index (κ1) is 15.1. The zero-order valence-electron chi connectivity index (χ0n) is 11.9. The van der Waals surface area contributed by atoms with Crippen molar-refractivity contribution in [2.45, 2.75) is 27.3 Å². The highest BCUT2D eigenvalue weighted by Gasteiger charge is 2.16. The highest BCUT2D eigenvalue weighted by atomic mass is 19.1. The number of aryl methyl sites for hydroxylation is 1. The highest BCUT2D eigenvalue weighted by molar-refractivity contribution is 5.14. The van der Waals surface area contributed by atoms with Crippen LogP contribution in [0.5, 0.6) is 0 Å². The Morgan fingerprint density at radius 2 is 1.83 bits per heavy atom. The Balaban J connectivity index is 0.000000771. The van der Waals surface area contributed by atoms with Crippen LogP contribution in [0.4, 0.5) is 4.39 Å². The van der Waals surface area contributed by atoms with E-state index < -0.39 is 0 Å². The maximum atomic E-state index is 13.6. The van der Waals surface area contributed by atoms with Crippen LogP contribution in [0.2, 0.25) is 0 Å². The number of hydrogen-bond donors (Lipinski definition) is 0. The van der Waals surface area contributed by atoms with Crippen molar-refractivity contribution in [2.24, 2.45) is 0 Å². The first-order valence-corrected chi connectivity index (χ1v) is 6.67.